The molecule has 4 nitrogen and oxygen atoms in total. The molecule has 3 N–H and O–H groups in total. The number of hydrogen-bond acceptors (Lipinski definition) is 4. The number of sulfone groups is 1. The molecule has 0 amide bonds. The van der Waals surface area contributed by atoms with Gasteiger partial charge in [-0.3, -0.25) is 0 Å². The first-order valence-electron chi connectivity index (χ1n) is 5.38. The van der Waals surface area contributed by atoms with Crippen molar-refractivity contribution in [2.75, 3.05) is 22.6 Å². The fourth-order valence-electron chi connectivity index (χ4n) is 2.00. The molecule has 2 rings (SSSR count). The average molecular weight is 240 g/mol. The Morgan fingerprint density at radius 3 is 2.88 bits per heavy atom. The summed E-state index contributed by atoms with van der Waals surface area (Å²) < 4.78 is 22.9. The topological polar surface area (TPSA) is 72.2 Å². The van der Waals surface area contributed by atoms with Gasteiger partial charge in [0, 0.05) is 17.4 Å². The highest BCUT2D eigenvalue weighted by Crippen LogP contribution is 2.18. The number of benzene rings is 1. The Bertz CT molecular complexity index is 471. The lowest BCUT2D eigenvalue weighted by Crippen LogP contribution is -2.34. The molecule has 16 heavy (non-hydrogen) atoms. The number of anilines is 2. The normalized spacial score (nSPS) is 23.9. The molecule has 1 heterocycles. The first-order chi connectivity index (χ1) is 7.55. The third-order valence-corrected chi connectivity index (χ3v) is 4.54. The van der Waals surface area contributed by atoms with Gasteiger partial charge in [-0.05, 0) is 31.0 Å². The quantitative estimate of drug-likeness (QED) is 0.763. The van der Waals surface area contributed by atoms with Gasteiger partial charge in [0.2, 0.25) is 0 Å². The maximum Gasteiger partial charge on any atom is 0.152 e. The first kappa shape index (κ1) is 11.3. The monoisotopic (exact) mass is 240 g/mol. The number of rotatable bonds is 2. The zero-order chi connectivity index (χ0) is 11.6. The largest absolute Gasteiger partial charge is 0.399 e. The lowest BCUT2D eigenvalue weighted by molar-refractivity contribution is 0.562. The van der Waals surface area contributed by atoms with Crippen LogP contribution in [0.25, 0.3) is 0 Å². The molecule has 0 spiro atoms. The van der Waals surface area contributed by atoms with Gasteiger partial charge < -0.3 is 11.1 Å². The number of nitrogen functional groups attached to an aromatic ring is 1. The van der Waals surface area contributed by atoms with Crippen molar-refractivity contribution >= 4 is 21.2 Å². The second-order valence-corrected chi connectivity index (χ2v) is 6.45. The summed E-state index contributed by atoms with van der Waals surface area (Å²) in [5.74, 6) is 0.546. The molecular weight excluding hydrogens is 224 g/mol. The lowest BCUT2D eigenvalue weighted by Gasteiger charge is -2.24. The van der Waals surface area contributed by atoms with Gasteiger partial charge in [-0.25, -0.2) is 8.42 Å². The van der Waals surface area contributed by atoms with E-state index in [1.807, 2.05) is 24.3 Å². The maximum atomic E-state index is 11.5. The Morgan fingerprint density at radius 1 is 1.38 bits per heavy atom. The Morgan fingerprint density at radius 2 is 2.19 bits per heavy atom. The van der Waals surface area contributed by atoms with E-state index in [4.69, 9.17) is 5.73 Å². The standard InChI is InChI=1S/C11H16N2O2S/c12-9-3-1-4-10(7-9)13-11-5-2-6-16(14,15)8-11/h1,3-4,7,11,13H,2,5-6,8,12H2. The lowest BCUT2D eigenvalue weighted by atomic mass is 10.1. The molecule has 1 aromatic carbocycles. The molecule has 88 valence electrons. The Kier molecular flexibility index (Phi) is 3.05. The van der Waals surface area contributed by atoms with Crippen molar-refractivity contribution in [1.29, 1.82) is 0 Å². The molecule has 1 atom stereocenters. The fourth-order valence-corrected chi connectivity index (χ4v) is 3.64. The van der Waals surface area contributed by atoms with Crippen LogP contribution in [0.5, 0.6) is 0 Å². The average Bonchev–Trinajstić information content (AvgIpc) is 2.15. The van der Waals surface area contributed by atoms with Crippen LogP contribution < -0.4 is 11.1 Å². The van der Waals surface area contributed by atoms with Crippen molar-refractivity contribution in [3.8, 4) is 0 Å². The summed E-state index contributed by atoms with van der Waals surface area (Å²) in [7, 11) is -2.86. The minimum Gasteiger partial charge on any atom is -0.399 e. The van der Waals surface area contributed by atoms with E-state index in [0.29, 0.717) is 11.4 Å². The van der Waals surface area contributed by atoms with E-state index in [1.165, 1.54) is 0 Å². The van der Waals surface area contributed by atoms with Gasteiger partial charge >= 0.3 is 0 Å². The minimum absolute atomic E-state index is 0.0144. The van der Waals surface area contributed by atoms with Gasteiger partial charge in [0.25, 0.3) is 0 Å². The molecule has 1 saturated heterocycles. The van der Waals surface area contributed by atoms with Crippen LogP contribution in [0, 0.1) is 0 Å². The Hall–Kier alpha value is -1.23. The molecule has 0 aliphatic carbocycles. The number of nitrogens with two attached hydrogens (primary N) is 1. The Labute approximate surface area is 95.8 Å². The van der Waals surface area contributed by atoms with Crippen molar-refractivity contribution in [2.45, 2.75) is 18.9 Å². The van der Waals surface area contributed by atoms with Crippen LogP contribution in [0.2, 0.25) is 0 Å². The number of hydrogen-bond donors (Lipinski definition) is 2. The third kappa shape index (κ3) is 2.88. The van der Waals surface area contributed by atoms with E-state index in [2.05, 4.69) is 5.32 Å². The number of nitrogens with one attached hydrogen (secondary N) is 1. The van der Waals surface area contributed by atoms with Crippen LogP contribution in [0.4, 0.5) is 11.4 Å². The molecule has 1 aliphatic heterocycles. The smallest absolute Gasteiger partial charge is 0.152 e. The summed E-state index contributed by atoms with van der Waals surface area (Å²) >= 11 is 0. The molecule has 5 heteroatoms. The first-order valence-corrected chi connectivity index (χ1v) is 7.20. The van der Waals surface area contributed by atoms with Crippen molar-refractivity contribution in [1.82, 2.24) is 0 Å². The summed E-state index contributed by atoms with van der Waals surface area (Å²) in [5, 5.41) is 3.22. The predicted octanol–water partition coefficient (Wildman–Crippen LogP) is 1.26. The molecule has 1 unspecified atom stereocenters. The second kappa shape index (κ2) is 4.33. The van der Waals surface area contributed by atoms with Crippen molar-refractivity contribution < 1.29 is 8.42 Å². The Balaban J connectivity index is 2.05. The molecule has 0 bridgehead atoms. The molecule has 0 radical (unpaired) electrons. The zero-order valence-electron chi connectivity index (χ0n) is 9.02. The van der Waals surface area contributed by atoms with Crippen LogP contribution in [-0.4, -0.2) is 26.0 Å². The van der Waals surface area contributed by atoms with Gasteiger partial charge in [0.15, 0.2) is 9.84 Å². The molecule has 0 saturated carbocycles. The highest BCUT2D eigenvalue weighted by atomic mass is 32.2. The third-order valence-electron chi connectivity index (χ3n) is 2.72. The van der Waals surface area contributed by atoms with Crippen molar-refractivity contribution in [3.63, 3.8) is 0 Å². The van der Waals surface area contributed by atoms with Crippen LogP contribution in [0.15, 0.2) is 24.3 Å². The summed E-state index contributed by atoms with van der Waals surface area (Å²) in [6.07, 6.45) is 1.64. The van der Waals surface area contributed by atoms with Crippen molar-refractivity contribution in [3.05, 3.63) is 24.3 Å². The van der Waals surface area contributed by atoms with Gasteiger partial charge in [0.1, 0.15) is 0 Å². The van der Waals surface area contributed by atoms with Gasteiger partial charge in [-0.15, -0.1) is 0 Å². The summed E-state index contributed by atoms with van der Waals surface area (Å²) in [5.41, 5.74) is 7.23. The van der Waals surface area contributed by atoms with E-state index in [0.717, 1.165) is 18.5 Å². The van der Waals surface area contributed by atoms with E-state index in [-0.39, 0.29) is 11.8 Å². The van der Waals surface area contributed by atoms with Crippen LogP contribution in [-0.2, 0) is 9.84 Å². The SMILES string of the molecule is Nc1cccc(NC2CCCS(=O)(=O)C2)c1. The van der Waals surface area contributed by atoms with Gasteiger partial charge in [-0.1, -0.05) is 6.07 Å². The maximum absolute atomic E-state index is 11.5. The van der Waals surface area contributed by atoms with E-state index >= 15 is 0 Å². The zero-order valence-corrected chi connectivity index (χ0v) is 9.83. The molecule has 1 aliphatic rings. The van der Waals surface area contributed by atoms with E-state index in [9.17, 15) is 8.42 Å². The summed E-state index contributed by atoms with van der Waals surface area (Å²) in [6.45, 7) is 0. The molecular formula is C11H16N2O2S. The van der Waals surface area contributed by atoms with Gasteiger partial charge in [-0.2, -0.15) is 0 Å². The summed E-state index contributed by atoms with van der Waals surface area (Å²) in [4.78, 5) is 0. The summed E-state index contributed by atoms with van der Waals surface area (Å²) in [6, 6.07) is 7.40. The highest BCUT2D eigenvalue weighted by molar-refractivity contribution is 7.91. The van der Waals surface area contributed by atoms with E-state index in [1.54, 1.807) is 0 Å². The molecule has 1 aromatic rings. The second-order valence-electron chi connectivity index (χ2n) is 4.22. The van der Waals surface area contributed by atoms with Gasteiger partial charge in [0.05, 0.1) is 11.5 Å². The predicted molar refractivity (Wildman–Crippen MR) is 66.2 cm³/mol. The molecule has 0 aromatic heterocycles. The van der Waals surface area contributed by atoms with Crippen molar-refractivity contribution in [2.24, 2.45) is 0 Å². The van der Waals surface area contributed by atoms with Crippen LogP contribution in [0.3, 0.4) is 0 Å². The highest BCUT2D eigenvalue weighted by Gasteiger charge is 2.24. The van der Waals surface area contributed by atoms with E-state index < -0.39 is 9.84 Å². The minimum atomic E-state index is -2.86. The molecule has 1 fully saturated rings. The van der Waals surface area contributed by atoms with Crippen LogP contribution in [0.1, 0.15) is 12.8 Å². The fraction of sp³-hybridized carbons (Fsp3) is 0.455. The van der Waals surface area contributed by atoms with Crippen LogP contribution >= 0.6 is 0 Å².